The molecule has 1 aromatic carbocycles. The fourth-order valence-electron chi connectivity index (χ4n) is 2.98. The molecule has 0 amide bonds. The molecule has 1 aromatic heterocycles. The minimum atomic E-state index is 0.652. The van der Waals surface area contributed by atoms with Crippen LogP contribution in [0.15, 0.2) is 42.5 Å². The molecule has 3 heteroatoms. The average Bonchev–Trinajstić information content (AvgIpc) is 2.52. The normalized spacial score (nSPS) is 17.6. The summed E-state index contributed by atoms with van der Waals surface area (Å²) >= 11 is 0. The molecule has 1 aliphatic heterocycles. The van der Waals surface area contributed by atoms with E-state index >= 15 is 0 Å². The van der Waals surface area contributed by atoms with Crippen molar-refractivity contribution < 1.29 is 0 Å². The maximum Gasteiger partial charge on any atom is 0.133 e. The predicted octanol–water partition coefficient (Wildman–Crippen LogP) is 3.52. The Balaban J connectivity index is 1.93. The molecule has 1 aliphatic rings. The van der Waals surface area contributed by atoms with Crippen molar-refractivity contribution in [1.82, 2.24) is 10.3 Å². The summed E-state index contributed by atoms with van der Waals surface area (Å²) in [6.07, 6.45) is 1.16. The van der Waals surface area contributed by atoms with E-state index in [-0.39, 0.29) is 0 Å². The van der Waals surface area contributed by atoms with Gasteiger partial charge in [-0.2, -0.15) is 0 Å². The second-order valence-electron chi connectivity index (χ2n) is 5.82. The van der Waals surface area contributed by atoms with Crippen LogP contribution in [0.1, 0.15) is 25.1 Å². The number of nitrogens with one attached hydrogen (secondary N) is 1. The molecular formula is C18H23N3. The number of hydrogen-bond donors (Lipinski definition) is 1. The summed E-state index contributed by atoms with van der Waals surface area (Å²) < 4.78 is 0. The van der Waals surface area contributed by atoms with Crippen LogP contribution >= 0.6 is 0 Å². The third-order valence-electron chi connectivity index (χ3n) is 3.97. The summed E-state index contributed by atoms with van der Waals surface area (Å²) in [4.78, 5) is 7.19. The molecule has 2 heterocycles. The van der Waals surface area contributed by atoms with Crippen molar-refractivity contribution >= 4 is 11.5 Å². The van der Waals surface area contributed by atoms with Gasteiger partial charge in [0.2, 0.25) is 0 Å². The van der Waals surface area contributed by atoms with Gasteiger partial charge >= 0.3 is 0 Å². The van der Waals surface area contributed by atoms with Gasteiger partial charge in [0, 0.05) is 18.8 Å². The van der Waals surface area contributed by atoms with Gasteiger partial charge in [-0.1, -0.05) is 38.1 Å². The lowest BCUT2D eigenvalue weighted by molar-refractivity contribution is 0.559. The summed E-state index contributed by atoms with van der Waals surface area (Å²) in [5, 5.41) is 3.34. The second kappa shape index (κ2) is 6.27. The Bertz CT molecular complexity index is 609. The van der Waals surface area contributed by atoms with E-state index in [1.807, 2.05) is 0 Å². The highest BCUT2D eigenvalue weighted by atomic mass is 15.2. The Kier molecular flexibility index (Phi) is 4.20. The van der Waals surface area contributed by atoms with Crippen LogP contribution in [0.4, 0.5) is 11.5 Å². The van der Waals surface area contributed by atoms with Crippen molar-refractivity contribution in [2.45, 2.75) is 26.8 Å². The molecule has 0 bridgehead atoms. The number of fused-ring (bicyclic) bond motifs is 1. The van der Waals surface area contributed by atoms with Gasteiger partial charge in [-0.25, -0.2) is 4.98 Å². The molecule has 0 saturated carbocycles. The van der Waals surface area contributed by atoms with Crippen molar-refractivity contribution in [3.8, 4) is 0 Å². The summed E-state index contributed by atoms with van der Waals surface area (Å²) in [5.41, 5.74) is 3.84. The van der Waals surface area contributed by atoms with Crippen molar-refractivity contribution in [2.24, 2.45) is 5.92 Å². The van der Waals surface area contributed by atoms with Gasteiger partial charge in [0.05, 0.1) is 5.69 Å². The minimum absolute atomic E-state index is 0.652. The van der Waals surface area contributed by atoms with Gasteiger partial charge in [0.1, 0.15) is 5.82 Å². The van der Waals surface area contributed by atoms with E-state index in [9.17, 15) is 0 Å². The van der Waals surface area contributed by atoms with Gasteiger partial charge in [-0.15, -0.1) is 0 Å². The monoisotopic (exact) mass is 281 g/mol. The maximum absolute atomic E-state index is 4.83. The lowest BCUT2D eigenvalue weighted by atomic mass is 9.94. The fourth-order valence-corrected chi connectivity index (χ4v) is 2.98. The Morgan fingerprint density at radius 3 is 2.90 bits per heavy atom. The number of pyridine rings is 1. The van der Waals surface area contributed by atoms with E-state index in [0.29, 0.717) is 5.92 Å². The molecular weight excluding hydrogens is 258 g/mol. The molecule has 21 heavy (non-hydrogen) atoms. The first-order valence-corrected chi connectivity index (χ1v) is 7.80. The quantitative estimate of drug-likeness (QED) is 0.929. The topological polar surface area (TPSA) is 28.2 Å². The smallest absolute Gasteiger partial charge is 0.133 e. The number of hydrogen-bond acceptors (Lipinski definition) is 3. The third kappa shape index (κ3) is 3.08. The highest BCUT2D eigenvalue weighted by molar-refractivity contribution is 5.65. The van der Waals surface area contributed by atoms with Gasteiger partial charge in [-0.05, 0) is 42.6 Å². The van der Waals surface area contributed by atoms with Gasteiger partial charge < -0.3 is 10.2 Å². The van der Waals surface area contributed by atoms with E-state index < -0.39 is 0 Å². The van der Waals surface area contributed by atoms with Crippen LogP contribution in [0.5, 0.6) is 0 Å². The highest BCUT2D eigenvalue weighted by Crippen LogP contribution is 2.34. The lowest BCUT2D eigenvalue weighted by Gasteiger charge is -2.34. The van der Waals surface area contributed by atoms with E-state index in [1.54, 1.807) is 0 Å². The first-order chi connectivity index (χ1) is 10.3. The zero-order valence-electron chi connectivity index (χ0n) is 12.8. The number of benzene rings is 1. The molecule has 0 radical (unpaired) electrons. The van der Waals surface area contributed by atoms with Crippen molar-refractivity contribution in [3.63, 3.8) is 0 Å². The van der Waals surface area contributed by atoms with Crippen molar-refractivity contribution in [2.75, 3.05) is 18.0 Å². The van der Waals surface area contributed by atoms with Gasteiger partial charge in [-0.3, -0.25) is 0 Å². The molecule has 1 N–H and O–H groups in total. The number of aromatic nitrogens is 1. The van der Waals surface area contributed by atoms with Crippen LogP contribution < -0.4 is 10.2 Å². The summed E-state index contributed by atoms with van der Waals surface area (Å²) in [6.45, 7) is 7.26. The zero-order chi connectivity index (χ0) is 14.7. The molecule has 3 rings (SSSR count). The van der Waals surface area contributed by atoms with Crippen LogP contribution in [0.2, 0.25) is 0 Å². The molecule has 1 atom stereocenters. The molecule has 110 valence electrons. The summed E-state index contributed by atoms with van der Waals surface area (Å²) in [7, 11) is 0. The molecule has 0 fully saturated rings. The molecule has 1 unspecified atom stereocenters. The lowest BCUT2D eigenvalue weighted by Crippen LogP contribution is -2.31. The van der Waals surface area contributed by atoms with Crippen molar-refractivity contribution in [3.05, 3.63) is 53.7 Å². The molecule has 0 aliphatic carbocycles. The molecule has 0 saturated heterocycles. The Morgan fingerprint density at radius 1 is 1.19 bits per heavy atom. The minimum Gasteiger partial charge on any atom is -0.326 e. The molecule has 0 spiro atoms. The number of nitrogens with zero attached hydrogens (tertiary/aromatic N) is 2. The van der Waals surface area contributed by atoms with E-state index in [1.165, 1.54) is 11.3 Å². The maximum atomic E-state index is 4.83. The van der Waals surface area contributed by atoms with Gasteiger partial charge in [0.15, 0.2) is 0 Å². The van der Waals surface area contributed by atoms with Crippen LogP contribution in [0, 0.1) is 5.92 Å². The largest absolute Gasteiger partial charge is 0.326 e. The zero-order valence-corrected chi connectivity index (χ0v) is 12.8. The average molecular weight is 281 g/mol. The number of anilines is 2. The summed E-state index contributed by atoms with van der Waals surface area (Å²) in [5.74, 6) is 1.71. The second-order valence-corrected chi connectivity index (χ2v) is 5.82. The standard InChI is InChI=1S/C18H23N3/c1-3-19-12-16-8-6-10-18(20-16)21-13-14(2)11-15-7-4-5-9-17(15)21/h4-10,14,19H,3,11-13H2,1-2H3. The van der Waals surface area contributed by atoms with Crippen LogP contribution in [-0.4, -0.2) is 18.1 Å². The van der Waals surface area contributed by atoms with Crippen molar-refractivity contribution in [1.29, 1.82) is 0 Å². The van der Waals surface area contributed by atoms with Gasteiger partial charge in [0.25, 0.3) is 0 Å². The fraction of sp³-hybridized carbons (Fsp3) is 0.389. The van der Waals surface area contributed by atoms with Crippen LogP contribution in [0.3, 0.4) is 0 Å². The Hall–Kier alpha value is -1.87. The first kappa shape index (κ1) is 14.1. The SMILES string of the molecule is CCNCc1cccc(N2CC(C)Cc3ccccc32)n1. The first-order valence-electron chi connectivity index (χ1n) is 7.80. The van der Waals surface area contributed by atoms with Crippen LogP contribution in [0.25, 0.3) is 0 Å². The predicted molar refractivity (Wildman–Crippen MR) is 87.9 cm³/mol. The van der Waals surface area contributed by atoms with E-state index in [2.05, 4.69) is 66.5 Å². The van der Waals surface area contributed by atoms with Crippen LogP contribution in [-0.2, 0) is 13.0 Å². The third-order valence-corrected chi connectivity index (χ3v) is 3.97. The number of rotatable bonds is 4. The molecule has 3 nitrogen and oxygen atoms in total. The highest BCUT2D eigenvalue weighted by Gasteiger charge is 2.23. The molecule has 2 aromatic rings. The Morgan fingerprint density at radius 2 is 2.05 bits per heavy atom. The van der Waals surface area contributed by atoms with E-state index in [0.717, 1.165) is 37.6 Å². The van der Waals surface area contributed by atoms with E-state index in [4.69, 9.17) is 4.98 Å². The summed E-state index contributed by atoms with van der Waals surface area (Å²) in [6, 6.07) is 15.0. The number of para-hydroxylation sites is 1. The Labute approximate surface area is 127 Å².